The predicted octanol–water partition coefficient (Wildman–Crippen LogP) is 5.77. The van der Waals surface area contributed by atoms with Gasteiger partial charge in [0.05, 0.1) is 12.8 Å². The summed E-state index contributed by atoms with van der Waals surface area (Å²) in [6.07, 6.45) is 2.50. The van der Waals surface area contributed by atoms with E-state index in [1.165, 1.54) is 7.11 Å². The summed E-state index contributed by atoms with van der Waals surface area (Å²) in [5.41, 5.74) is 5.65. The number of aryl methyl sites for hydroxylation is 1. The van der Waals surface area contributed by atoms with Gasteiger partial charge in [0.1, 0.15) is 5.69 Å². The fourth-order valence-corrected chi connectivity index (χ4v) is 5.84. The van der Waals surface area contributed by atoms with E-state index in [0.29, 0.717) is 6.54 Å². The second-order valence-electron chi connectivity index (χ2n) is 9.30. The molecule has 0 atom stereocenters. The highest BCUT2D eigenvalue weighted by Gasteiger charge is 2.38. The molecule has 0 bridgehead atoms. The van der Waals surface area contributed by atoms with Crippen LogP contribution in [0.15, 0.2) is 29.6 Å². The molecule has 2 aromatic heterocycles. The first-order valence-electron chi connectivity index (χ1n) is 10.8. The van der Waals surface area contributed by atoms with Gasteiger partial charge in [-0.15, -0.1) is 11.3 Å². The summed E-state index contributed by atoms with van der Waals surface area (Å²) in [6, 6.07) is 7.54. The average molecular weight is 439 g/mol. The Labute approximate surface area is 186 Å². The number of hydrogen-bond acceptors (Lipinski definition) is 3. The van der Waals surface area contributed by atoms with E-state index in [2.05, 4.69) is 36.8 Å². The zero-order valence-electron chi connectivity index (χ0n) is 18.4. The lowest BCUT2D eigenvalue weighted by molar-refractivity contribution is 0.0579. The summed E-state index contributed by atoms with van der Waals surface area (Å²) in [5.74, 6) is -0.0136. The van der Waals surface area contributed by atoms with E-state index in [9.17, 15) is 9.18 Å². The Hall–Kier alpha value is -2.60. The summed E-state index contributed by atoms with van der Waals surface area (Å²) in [6.45, 7) is 7.72. The molecule has 1 amide bonds. The molecule has 6 heteroatoms. The first-order chi connectivity index (χ1) is 14.8. The molecular weight excluding hydrogens is 411 g/mol. The highest BCUT2D eigenvalue weighted by atomic mass is 32.1. The lowest BCUT2D eigenvalue weighted by atomic mass is 9.93. The lowest BCUT2D eigenvalue weighted by Crippen LogP contribution is -2.46. The summed E-state index contributed by atoms with van der Waals surface area (Å²) >= 11 is 1.67. The molecule has 0 radical (unpaired) electrons. The molecule has 5 rings (SSSR count). The summed E-state index contributed by atoms with van der Waals surface area (Å²) in [4.78, 5) is 17.0. The molecule has 0 spiro atoms. The number of amides is 1. The maximum absolute atomic E-state index is 14.8. The molecule has 0 fully saturated rings. The van der Waals surface area contributed by atoms with E-state index in [1.54, 1.807) is 17.4 Å². The normalized spacial score (nSPS) is 15.9. The van der Waals surface area contributed by atoms with Crippen molar-refractivity contribution >= 4 is 17.2 Å². The highest BCUT2D eigenvalue weighted by Crippen LogP contribution is 2.47. The van der Waals surface area contributed by atoms with E-state index in [-0.39, 0.29) is 23.0 Å². The number of carbonyl (C=O) groups excluding carboxylic acids is 1. The van der Waals surface area contributed by atoms with Gasteiger partial charge in [0.2, 0.25) is 0 Å². The molecular formula is C25H27FN2O2S. The van der Waals surface area contributed by atoms with Crippen LogP contribution in [-0.2, 0) is 19.4 Å². The van der Waals surface area contributed by atoms with Crippen LogP contribution in [0.1, 0.15) is 48.8 Å². The van der Waals surface area contributed by atoms with E-state index < -0.39 is 0 Å². The minimum absolute atomic E-state index is 0.0847. The number of halogens is 1. The van der Waals surface area contributed by atoms with Gasteiger partial charge in [-0.2, -0.15) is 0 Å². The number of nitrogens with zero attached hydrogens (tertiary/aromatic N) is 2. The summed E-state index contributed by atoms with van der Waals surface area (Å²) in [7, 11) is 1.50. The van der Waals surface area contributed by atoms with Crippen LogP contribution in [0, 0.1) is 5.82 Å². The van der Waals surface area contributed by atoms with Crippen LogP contribution in [0.5, 0.6) is 5.75 Å². The van der Waals surface area contributed by atoms with Gasteiger partial charge in [0.15, 0.2) is 11.6 Å². The zero-order chi connectivity index (χ0) is 21.9. The van der Waals surface area contributed by atoms with Crippen molar-refractivity contribution in [3.63, 3.8) is 0 Å². The summed E-state index contributed by atoms with van der Waals surface area (Å²) in [5, 5.41) is 2.06. The van der Waals surface area contributed by atoms with Gasteiger partial charge in [-0.3, -0.25) is 4.79 Å². The van der Waals surface area contributed by atoms with Crippen LogP contribution in [0.2, 0.25) is 0 Å². The first-order valence-corrected chi connectivity index (χ1v) is 11.7. The van der Waals surface area contributed by atoms with Crippen molar-refractivity contribution in [2.24, 2.45) is 0 Å². The van der Waals surface area contributed by atoms with Gasteiger partial charge in [-0.25, -0.2) is 4.39 Å². The molecule has 0 aliphatic carbocycles. The molecule has 3 aromatic rings. The number of benzene rings is 1. The highest BCUT2D eigenvalue weighted by molar-refractivity contribution is 7.13. The second-order valence-corrected chi connectivity index (χ2v) is 10.3. The lowest BCUT2D eigenvalue weighted by Gasteiger charge is -2.35. The average Bonchev–Trinajstić information content (AvgIpc) is 3.31. The van der Waals surface area contributed by atoms with Crippen molar-refractivity contribution in [1.29, 1.82) is 0 Å². The van der Waals surface area contributed by atoms with Gasteiger partial charge in [0.25, 0.3) is 5.91 Å². The number of ether oxygens (including phenoxy) is 1. The van der Waals surface area contributed by atoms with Crippen molar-refractivity contribution in [3.8, 4) is 27.4 Å². The number of thiophene rings is 1. The largest absolute Gasteiger partial charge is 0.494 e. The van der Waals surface area contributed by atoms with Crippen molar-refractivity contribution in [2.75, 3.05) is 13.7 Å². The monoisotopic (exact) mass is 438 g/mol. The number of fused-ring (bicyclic) bond motifs is 5. The Morgan fingerprint density at radius 2 is 1.94 bits per heavy atom. The van der Waals surface area contributed by atoms with Gasteiger partial charge in [0, 0.05) is 34.6 Å². The van der Waals surface area contributed by atoms with Crippen molar-refractivity contribution in [3.05, 3.63) is 52.3 Å². The van der Waals surface area contributed by atoms with Crippen LogP contribution in [-0.4, -0.2) is 34.6 Å². The molecule has 0 saturated heterocycles. The van der Waals surface area contributed by atoms with Crippen LogP contribution in [0.25, 0.3) is 21.7 Å². The number of carbonyl (C=O) groups is 1. The molecule has 2 aliphatic heterocycles. The standard InChI is InChI=1S/C25H27FN2O2S/c1-25(2,3)28-10-5-7-16-21(20-8-6-12-31-20)22-17-14-18(26)19(30-4)13-15(17)9-11-27(22)23(16)24(28)29/h6,8,12-14H,5,7,9-11H2,1-4H3. The molecule has 2 aliphatic rings. The summed E-state index contributed by atoms with van der Waals surface area (Å²) < 4.78 is 22.2. The van der Waals surface area contributed by atoms with Crippen molar-refractivity contribution in [2.45, 2.75) is 52.1 Å². The third-order valence-corrected chi connectivity index (χ3v) is 7.32. The number of methoxy groups -OCH3 is 1. The van der Waals surface area contributed by atoms with Crippen LogP contribution < -0.4 is 4.74 Å². The van der Waals surface area contributed by atoms with Gasteiger partial charge in [-0.05, 0) is 74.7 Å². The molecule has 31 heavy (non-hydrogen) atoms. The van der Waals surface area contributed by atoms with E-state index in [1.807, 2.05) is 17.0 Å². The smallest absolute Gasteiger partial charge is 0.271 e. The maximum atomic E-state index is 14.8. The Kier molecular flexibility index (Phi) is 4.74. The van der Waals surface area contributed by atoms with Crippen molar-refractivity contribution in [1.82, 2.24) is 9.47 Å². The molecule has 0 unspecified atom stereocenters. The SMILES string of the molecule is COc1cc2c(cc1F)-c1c(-c3cccs3)c3c(n1CC2)C(=O)N(C(C)(C)C)CCC3. The van der Waals surface area contributed by atoms with Crippen LogP contribution >= 0.6 is 11.3 Å². The van der Waals surface area contributed by atoms with Crippen LogP contribution in [0.3, 0.4) is 0 Å². The molecule has 0 saturated carbocycles. The van der Waals surface area contributed by atoms with E-state index in [4.69, 9.17) is 4.74 Å². The predicted molar refractivity (Wildman–Crippen MR) is 123 cm³/mol. The molecule has 4 nitrogen and oxygen atoms in total. The molecule has 162 valence electrons. The Morgan fingerprint density at radius 3 is 2.61 bits per heavy atom. The number of rotatable bonds is 2. The number of hydrogen-bond donors (Lipinski definition) is 0. The topological polar surface area (TPSA) is 34.5 Å². The number of aromatic nitrogens is 1. The molecule has 0 N–H and O–H groups in total. The van der Waals surface area contributed by atoms with Gasteiger partial charge >= 0.3 is 0 Å². The van der Waals surface area contributed by atoms with Crippen LogP contribution in [0.4, 0.5) is 4.39 Å². The minimum Gasteiger partial charge on any atom is -0.494 e. The Balaban J connectivity index is 1.82. The fraction of sp³-hybridized carbons (Fsp3) is 0.400. The second kappa shape index (κ2) is 7.23. The quantitative estimate of drug-likeness (QED) is 0.509. The zero-order valence-corrected chi connectivity index (χ0v) is 19.2. The van der Waals surface area contributed by atoms with E-state index in [0.717, 1.165) is 64.3 Å². The maximum Gasteiger partial charge on any atom is 0.271 e. The molecule has 1 aromatic carbocycles. The van der Waals surface area contributed by atoms with Crippen molar-refractivity contribution < 1.29 is 13.9 Å². The first kappa shape index (κ1) is 20.3. The Morgan fingerprint density at radius 1 is 1.13 bits per heavy atom. The minimum atomic E-state index is -0.370. The Bertz CT molecular complexity index is 1170. The van der Waals surface area contributed by atoms with Gasteiger partial charge in [-0.1, -0.05) is 6.07 Å². The third-order valence-electron chi connectivity index (χ3n) is 6.44. The van der Waals surface area contributed by atoms with Gasteiger partial charge < -0.3 is 14.2 Å². The van der Waals surface area contributed by atoms with E-state index >= 15 is 0 Å². The fourth-order valence-electron chi connectivity index (χ4n) is 5.04. The molecule has 4 heterocycles. The third kappa shape index (κ3) is 3.11.